The SMILES string of the molecule is OCC1CCCN1c1cc(N2CC3CC=CCC3C2)ncn1. The second-order valence-corrected chi connectivity index (χ2v) is 6.77. The van der Waals surface area contributed by atoms with Crippen LogP contribution in [0, 0.1) is 11.8 Å². The molecule has 0 aromatic carbocycles. The molecule has 3 unspecified atom stereocenters. The smallest absolute Gasteiger partial charge is 0.134 e. The first-order valence-electron chi connectivity index (χ1n) is 8.44. The summed E-state index contributed by atoms with van der Waals surface area (Å²) in [6, 6.07) is 2.33. The van der Waals surface area contributed by atoms with Gasteiger partial charge in [0.05, 0.1) is 12.6 Å². The maximum Gasteiger partial charge on any atom is 0.134 e. The van der Waals surface area contributed by atoms with E-state index in [-0.39, 0.29) is 12.6 Å². The minimum atomic E-state index is 0.207. The number of aliphatic hydroxyl groups excluding tert-OH is 1. The van der Waals surface area contributed by atoms with Crippen LogP contribution in [0.25, 0.3) is 0 Å². The Labute approximate surface area is 131 Å². The van der Waals surface area contributed by atoms with Gasteiger partial charge in [0, 0.05) is 25.7 Å². The highest BCUT2D eigenvalue weighted by molar-refractivity contribution is 5.52. The van der Waals surface area contributed by atoms with E-state index in [1.807, 2.05) is 0 Å². The Bertz CT molecular complexity index is 545. The molecule has 5 nitrogen and oxygen atoms in total. The van der Waals surface area contributed by atoms with E-state index in [0.29, 0.717) is 0 Å². The van der Waals surface area contributed by atoms with Crippen molar-refractivity contribution in [2.75, 3.05) is 36.0 Å². The molecular weight excluding hydrogens is 276 g/mol. The molecule has 4 rings (SSSR count). The van der Waals surface area contributed by atoms with Crippen molar-refractivity contribution >= 4 is 11.6 Å². The van der Waals surface area contributed by atoms with Gasteiger partial charge in [0.2, 0.25) is 0 Å². The molecule has 118 valence electrons. The first-order valence-corrected chi connectivity index (χ1v) is 8.44. The van der Waals surface area contributed by atoms with E-state index >= 15 is 0 Å². The first-order chi connectivity index (χ1) is 10.8. The first kappa shape index (κ1) is 14.0. The molecular formula is C17H24N4O. The van der Waals surface area contributed by atoms with Crippen molar-refractivity contribution in [1.82, 2.24) is 9.97 Å². The third-order valence-electron chi connectivity index (χ3n) is 5.47. The molecule has 0 bridgehead atoms. The van der Waals surface area contributed by atoms with Crippen molar-refractivity contribution in [3.05, 3.63) is 24.5 Å². The lowest BCUT2D eigenvalue weighted by Gasteiger charge is -2.25. The monoisotopic (exact) mass is 300 g/mol. The molecule has 0 radical (unpaired) electrons. The quantitative estimate of drug-likeness (QED) is 0.863. The van der Waals surface area contributed by atoms with Gasteiger partial charge in [-0.3, -0.25) is 0 Å². The standard InChI is InChI=1S/C17H24N4O/c22-11-15-6-3-7-21(15)17-8-16(18-12-19-17)20-9-13-4-1-2-5-14(13)10-20/h1-2,8,12-15,22H,3-7,9-11H2. The van der Waals surface area contributed by atoms with Crippen LogP contribution < -0.4 is 9.80 Å². The molecule has 5 heteroatoms. The summed E-state index contributed by atoms with van der Waals surface area (Å²) < 4.78 is 0. The number of anilines is 2. The van der Waals surface area contributed by atoms with Crippen molar-refractivity contribution in [2.24, 2.45) is 11.8 Å². The minimum Gasteiger partial charge on any atom is -0.394 e. The lowest BCUT2D eigenvalue weighted by atomic mass is 9.86. The van der Waals surface area contributed by atoms with Gasteiger partial charge in [-0.2, -0.15) is 0 Å². The summed E-state index contributed by atoms with van der Waals surface area (Å²) in [6.45, 7) is 3.40. The summed E-state index contributed by atoms with van der Waals surface area (Å²) in [5.74, 6) is 3.57. The van der Waals surface area contributed by atoms with E-state index in [0.717, 1.165) is 55.9 Å². The molecule has 0 saturated carbocycles. The number of aromatic nitrogens is 2. The summed E-state index contributed by atoms with van der Waals surface area (Å²) >= 11 is 0. The van der Waals surface area contributed by atoms with Crippen LogP contribution in [0.4, 0.5) is 11.6 Å². The lowest BCUT2D eigenvalue weighted by Crippen LogP contribution is -2.33. The van der Waals surface area contributed by atoms with Gasteiger partial charge < -0.3 is 14.9 Å². The average Bonchev–Trinajstić information content (AvgIpc) is 3.21. The minimum absolute atomic E-state index is 0.207. The van der Waals surface area contributed by atoms with E-state index < -0.39 is 0 Å². The maximum atomic E-state index is 9.52. The zero-order chi connectivity index (χ0) is 14.9. The van der Waals surface area contributed by atoms with E-state index in [2.05, 4.69) is 38.0 Å². The van der Waals surface area contributed by atoms with Gasteiger partial charge in [-0.05, 0) is 37.5 Å². The highest BCUT2D eigenvalue weighted by atomic mass is 16.3. The van der Waals surface area contributed by atoms with Crippen LogP contribution in [0.3, 0.4) is 0 Å². The zero-order valence-corrected chi connectivity index (χ0v) is 12.9. The second-order valence-electron chi connectivity index (χ2n) is 6.77. The molecule has 3 atom stereocenters. The normalized spacial score (nSPS) is 30.9. The lowest BCUT2D eigenvalue weighted by molar-refractivity contribution is 0.266. The van der Waals surface area contributed by atoms with Gasteiger partial charge >= 0.3 is 0 Å². The van der Waals surface area contributed by atoms with E-state index in [4.69, 9.17) is 0 Å². The van der Waals surface area contributed by atoms with Crippen LogP contribution >= 0.6 is 0 Å². The highest BCUT2D eigenvalue weighted by Crippen LogP contribution is 2.35. The number of aliphatic hydroxyl groups is 1. The Morgan fingerprint density at radius 1 is 1.09 bits per heavy atom. The number of rotatable bonds is 3. The number of nitrogens with zero attached hydrogens (tertiary/aromatic N) is 4. The summed E-state index contributed by atoms with van der Waals surface area (Å²) in [5.41, 5.74) is 0. The number of fused-ring (bicyclic) bond motifs is 1. The summed E-state index contributed by atoms with van der Waals surface area (Å²) in [6.07, 6.45) is 10.9. The van der Waals surface area contributed by atoms with Crippen LogP contribution in [0.15, 0.2) is 24.5 Å². The molecule has 1 aromatic heterocycles. The molecule has 2 aliphatic heterocycles. The van der Waals surface area contributed by atoms with Crippen molar-refractivity contribution in [2.45, 2.75) is 31.7 Å². The molecule has 22 heavy (non-hydrogen) atoms. The Kier molecular flexibility index (Phi) is 3.74. The fourth-order valence-corrected chi connectivity index (χ4v) is 4.20. The summed E-state index contributed by atoms with van der Waals surface area (Å²) in [7, 11) is 0. The van der Waals surface area contributed by atoms with E-state index in [9.17, 15) is 5.11 Å². The van der Waals surface area contributed by atoms with E-state index in [1.165, 1.54) is 12.8 Å². The molecule has 1 N–H and O–H groups in total. The maximum absolute atomic E-state index is 9.52. The predicted molar refractivity (Wildman–Crippen MR) is 87.1 cm³/mol. The topological polar surface area (TPSA) is 52.5 Å². The van der Waals surface area contributed by atoms with Crippen molar-refractivity contribution in [3.63, 3.8) is 0 Å². The van der Waals surface area contributed by atoms with Crippen LogP contribution in [-0.4, -0.2) is 47.4 Å². The fourth-order valence-electron chi connectivity index (χ4n) is 4.20. The fraction of sp³-hybridized carbons (Fsp3) is 0.647. The number of hydrogen-bond acceptors (Lipinski definition) is 5. The van der Waals surface area contributed by atoms with Gasteiger partial charge in [-0.1, -0.05) is 12.2 Å². The molecule has 2 fully saturated rings. The Morgan fingerprint density at radius 3 is 2.55 bits per heavy atom. The van der Waals surface area contributed by atoms with Crippen molar-refractivity contribution < 1.29 is 5.11 Å². The van der Waals surface area contributed by atoms with E-state index in [1.54, 1.807) is 6.33 Å². The molecule has 2 saturated heterocycles. The molecule has 1 aromatic rings. The number of allylic oxidation sites excluding steroid dienone is 2. The molecule has 0 spiro atoms. The predicted octanol–water partition coefficient (Wildman–Crippen LogP) is 1.84. The highest BCUT2D eigenvalue weighted by Gasteiger charge is 2.34. The Balaban J connectivity index is 1.53. The number of hydrogen-bond donors (Lipinski definition) is 1. The van der Waals surface area contributed by atoms with Crippen LogP contribution in [-0.2, 0) is 0 Å². The molecule has 3 aliphatic rings. The van der Waals surface area contributed by atoms with Gasteiger partial charge in [0.15, 0.2) is 0 Å². The van der Waals surface area contributed by atoms with Gasteiger partial charge in [0.1, 0.15) is 18.0 Å². The Morgan fingerprint density at radius 2 is 1.82 bits per heavy atom. The zero-order valence-electron chi connectivity index (χ0n) is 12.9. The van der Waals surface area contributed by atoms with Gasteiger partial charge in [0.25, 0.3) is 0 Å². The van der Waals surface area contributed by atoms with Crippen LogP contribution in [0.1, 0.15) is 25.7 Å². The summed E-state index contributed by atoms with van der Waals surface area (Å²) in [5, 5.41) is 9.52. The average molecular weight is 300 g/mol. The van der Waals surface area contributed by atoms with Crippen molar-refractivity contribution in [1.29, 1.82) is 0 Å². The molecule has 3 heterocycles. The van der Waals surface area contributed by atoms with Crippen molar-refractivity contribution in [3.8, 4) is 0 Å². The van der Waals surface area contributed by atoms with Gasteiger partial charge in [-0.25, -0.2) is 9.97 Å². The summed E-state index contributed by atoms with van der Waals surface area (Å²) in [4.78, 5) is 13.6. The Hall–Kier alpha value is -1.62. The second kappa shape index (κ2) is 5.88. The van der Waals surface area contributed by atoms with Crippen LogP contribution in [0.2, 0.25) is 0 Å². The third kappa shape index (κ3) is 2.47. The molecule has 0 amide bonds. The largest absolute Gasteiger partial charge is 0.394 e. The van der Waals surface area contributed by atoms with Gasteiger partial charge in [-0.15, -0.1) is 0 Å². The molecule has 1 aliphatic carbocycles. The van der Waals surface area contributed by atoms with Crippen LogP contribution in [0.5, 0.6) is 0 Å². The third-order valence-corrected chi connectivity index (χ3v) is 5.47.